The molecule has 1 fully saturated rings. The number of hydrogen-bond donors (Lipinski definition) is 1. The largest absolute Gasteiger partial charge is 0.317 e. The lowest BCUT2D eigenvalue weighted by Crippen LogP contribution is -2.26. The average molecular weight is 200 g/mol. The van der Waals surface area contributed by atoms with Crippen molar-refractivity contribution >= 4 is 11.3 Å². The van der Waals surface area contributed by atoms with Crippen molar-refractivity contribution in [2.24, 2.45) is 0 Å². The maximum atomic E-state index is 12.3. The van der Waals surface area contributed by atoms with E-state index in [1.165, 1.54) is 11.3 Å². The van der Waals surface area contributed by atoms with Gasteiger partial charge in [0.1, 0.15) is 6.67 Å². The molecule has 1 N–H and O–H groups in total. The molecule has 0 atom stereocenters. The normalized spacial score (nSPS) is 19.2. The number of aromatic nitrogens is 1. The van der Waals surface area contributed by atoms with E-state index >= 15 is 0 Å². The van der Waals surface area contributed by atoms with Crippen LogP contribution in [0.25, 0.3) is 0 Å². The molecule has 72 valence electrons. The Morgan fingerprint density at radius 1 is 1.54 bits per heavy atom. The highest BCUT2D eigenvalue weighted by atomic mass is 32.1. The summed E-state index contributed by atoms with van der Waals surface area (Å²) in [5, 5.41) is 4.43. The third kappa shape index (κ3) is 2.06. The molecule has 0 radical (unpaired) electrons. The smallest absolute Gasteiger partial charge is 0.125 e. The topological polar surface area (TPSA) is 24.9 Å². The second-order valence-corrected chi connectivity index (χ2v) is 4.47. The third-order valence-corrected chi connectivity index (χ3v) is 3.52. The van der Waals surface area contributed by atoms with E-state index in [1.807, 2.05) is 0 Å². The van der Waals surface area contributed by atoms with Crippen molar-refractivity contribution in [3.8, 4) is 0 Å². The molecule has 1 aromatic rings. The van der Waals surface area contributed by atoms with E-state index < -0.39 is 0 Å². The van der Waals surface area contributed by atoms with Crippen LogP contribution < -0.4 is 5.32 Å². The van der Waals surface area contributed by atoms with Gasteiger partial charge in [0.2, 0.25) is 0 Å². The van der Waals surface area contributed by atoms with Gasteiger partial charge >= 0.3 is 0 Å². The minimum absolute atomic E-state index is 0.372. The van der Waals surface area contributed by atoms with E-state index in [0.717, 1.165) is 35.8 Å². The van der Waals surface area contributed by atoms with Crippen LogP contribution in [-0.2, 0) is 6.67 Å². The summed E-state index contributed by atoms with van der Waals surface area (Å²) in [7, 11) is 0. The van der Waals surface area contributed by atoms with Crippen LogP contribution in [0.2, 0.25) is 0 Å². The summed E-state index contributed by atoms with van der Waals surface area (Å²) in [6.07, 6.45) is 3.94. The lowest BCUT2D eigenvalue weighted by atomic mass is 9.99. The SMILES string of the molecule is FCc1cnc(C2CCNCC2)s1. The predicted octanol–water partition coefficient (Wildman–Crippen LogP) is 2.08. The summed E-state index contributed by atoms with van der Waals surface area (Å²) in [6.45, 7) is 1.76. The Morgan fingerprint density at radius 2 is 2.31 bits per heavy atom. The maximum Gasteiger partial charge on any atom is 0.125 e. The third-order valence-electron chi connectivity index (χ3n) is 2.39. The van der Waals surface area contributed by atoms with Gasteiger partial charge in [-0.2, -0.15) is 0 Å². The monoisotopic (exact) mass is 200 g/mol. The maximum absolute atomic E-state index is 12.3. The van der Waals surface area contributed by atoms with Crippen LogP contribution in [0.5, 0.6) is 0 Å². The van der Waals surface area contributed by atoms with Gasteiger partial charge in [0, 0.05) is 12.1 Å². The van der Waals surface area contributed by atoms with Gasteiger partial charge in [-0.3, -0.25) is 0 Å². The summed E-state index contributed by atoms with van der Waals surface area (Å²) < 4.78 is 12.3. The first kappa shape index (κ1) is 9.09. The van der Waals surface area contributed by atoms with Crippen LogP contribution in [-0.4, -0.2) is 18.1 Å². The number of nitrogens with zero attached hydrogens (tertiary/aromatic N) is 1. The first-order valence-electron chi connectivity index (χ1n) is 4.61. The zero-order valence-electron chi connectivity index (χ0n) is 7.42. The standard InChI is InChI=1S/C9H13FN2S/c10-5-8-6-12-9(13-8)7-1-3-11-4-2-7/h6-7,11H,1-5H2. The quantitative estimate of drug-likeness (QED) is 0.790. The van der Waals surface area contributed by atoms with Gasteiger partial charge in [0.15, 0.2) is 0 Å². The van der Waals surface area contributed by atoms with Gasteiger partial charge in [0.25, 0.3) is 0 Å². The molecule has 0 amide bonds. The summed E-state index contributed by atoms with van der Waals surface area (Å²) in [5.74, 6) is 0.562. The Hall–Kier alpha value is -0.480. The van der Waals surface area contributed by atoms with E-state index in [-0.39, 0.29) is 6.67 Å². The Balaban J connectivity index is 2.05. The average Bonchev–Trinajstić information content (AvgIpc) is 2.67. The van der Waals surface area contributed by atoms with Crippen LogP contribution in [0.3, 0.4) is 0 Å². The molecular weight excluding hydrogens is 187 g/mol. The highest BCUT2D eigenvalue weighted by Crippen LogP contribution is 2.28. The molecule has 0 aromatic carbocycles. The van der Waals surface area contributed by atoms with Gasteiger partial charge in [0.05, 0.1) is 9.88 Å². The molecular formula is C9H13FN2S. The molecule has 4 heteroatoms. The van der Waals surface area contributed by atoms with Crippen molar-refractivity contribution in [3.05, 3.63) is 16.1 Å². The number of piperidine rings is 1. The van der Waals surface area contributed by atoms with Crippen molar-refractivity contribution < 1.29 is 4.39 Å². The van der Waals surface area contributed by atoms with E-state index in [9.17, 15) is 4.39 Å². The number of halogens is 1. The highest BCUT2D eigenvalue weighted by molar-refractivity contribution is 7.11. The Bertz CT molecular complexity index is 268. The minimum atomic E-state index is -0.372. The molecule has 13 heavy (non-hydrogen) atoms. The van der Waals surface area contributed by atoms with Crippen molar-refractivity contribution in [1.29, 1.82) is 0 Å². The van der Waals surface area contributed by atoms with E-state index in [1.54, 1.807) is 6.20 Å². The van der Waals surface area contributed by atoms with Gasteiger partial charge in [-0.25, -0.2) is 9.37 Å². The summed E-state index contributed by atoms with van der Waals surface area (Å²) in [6, 6.07) is 0. The number of hydrogen-bond acceptors (Lipinski definition) is 3. The van der Waals surface area contributed by atoms with E-state index in [0.29, 0.717) is 5.92 Å². The van der Waals surface area contributed by atoms with Crippen LogP contribution in [0.4, 0.5) is 4.39 Å². The molecule has 0 bridgehead atoms. The fourth-order valence-electron chi connectivity index (χ4n) is 1.64. The first-order chi connectivity index (χ1) is 6.40. The van der Waals surface area contributed by atoms with Crippen LogP contribution in [0, 0.1) is 0 Å². The fraction of sp³-hybridized carbons (Fsp3) is 0.667. The molecule has 1 aromatic heterocycles. The zero-order chi connectivity index (χ0) is 9.10. The molecule has 2 nitrogen and oxygen atoms in total. The number of thiazole rings is 1. The van der Waals surface area contributed by atoms with Gasteiger partial charge in [-0.15, -0.1) is 11.3 Å². The Labute approximate surface area is 81.2 Å². The van der Waals surface area contributed by atoms with Crippen molar-refractivity contribution in [2.45, 2.75) is 25.4 Å². The number of nitrogens with one attached hydrogen (secondary N) is 1. The van der Waals surface area contributed by atoms with E-state index in [2.05, 4.69) is 10.3 Å². The Kier molecular flexibility index (Phi) is 2.90. The molecule has 1 saturated heterocycles. The molecule has 0 unspecified atom stereocenters. The molecule has 0 aliphatic carbocycles. The number of alkyl halides is 1. The molecule has 2 rings (SSSR count). The Morgan fingerprint density at radius 3 is 2.92 bits per heavy atom. The van der Waals surface area contributed by atoms with Crippen molar-refractivity contribution in [3.63, 3.8) is 0 Å². The van der Waals surface area contributed by atoms with Crippen LogP contribution in [0.1, 0.15) is 28.6 Å². The second kappa shape index (κ2) is 4.15. The molecule has 1 aliphatic rings. The summed E-state index contributed by atoms with van der Waals surface area (Å²) >= 11 is 1.53. The predicted molar refractivity (Wildman–Crippen MR) is 51.8 cm³/mol. The number of rotatable bonds is 2. The zero-order valence-corrected chi connectivity index (χ0v) is 8.24. The first-order valence-corrected chi connectivity index (χ1v) is 5.43. The van der Waals surface area contributed by atoms with E-state index in [4.69, 9.17) is 0 Å². The fourth-order valence-corrected chi connectivity index (χ4v) is 2.58. The second-order valence-electron chi connectivity index (χ2n) is 3.32. The van der Waals surface area contributed by atoms with Crippen LogP contribution >= 0.6 is 11.3 Å². The van der Waals surface area contributed by atoms with Gasteiger partial charge < -0.3 is 5.32 Å². The van der Waals surface area contributed by atoms with Crippen molar-refractivity contribution in [1.82, 2.24) is 10.3 Å². The molecule has 0 saturated carbocycles. The molecule has 0 spiro atoms. The summed E-state index contributed by atoms with van der Waals surface area (Å²) in [4.78, 5) is 5.02. The van der Waals surface area contributed by atoms with Crippen LogP contribution in [0.15, 0.2) is 6.20 Å². The lowest BCUT2D eigenvalue weighted by Gasteiger charge is -2.20. The lowest BCUT2D eigenvalue weighted by molar-refractivity contribution is 0.459. The van der Waals surface area contributed by atoms with Gasteiger partial charge in [-0.05, 0) is 25.9 Å². The minimum Gasteiger partial charge on any atom is -0.317 e. The molecule has 2 heterocycles. The van der Waals surface area contributed by atoms with Gasteiger partial charge in [-0.1, -0.05) is 0 Å². The molecule has 1 aliphatic heterocycles. The summed E-state index contributed by atoms with van der Waals surface area (Å²) in [5.41, 5.74) is 0. The van der Waals surface area contributed by atoms with Crippen molar-refractivity contribution in [2.75, 3.05) is 13.1 Å². The highest BCUT2D eigenvalue weighted by Gasteiger charge is 2.18.